The highest BCUT2D eigenvalue weighted by Crippen LogP contribution is 2.45. The van der Waals surface area contributed by atoms with Crippen molar-refractivity contribution in [2.24, 2.45) is 0 Å². The molecule has 3 aromatic rings. The van der Waals surface area contributed by atoms with Crippen LogP contribution in [0, 0.1) is 0 Å². The predicted octanol–water partition coefficient (Wildman–Crippen LogP) is 3.95. The molecule has 2 aromatic carbocycles. The topological polar surface area (TPSA) is 53.6 Å². The number of imidazole rings is 1. The van der Waals surface area contributed by atoms with E-state index in [1.165, 1.54) is 36.1 Å². The fraction of sp³-hybridized carbons (Fsp3) is 0.500. The quantitative estimate of drug-likeness (QED) is 0.598. The second-order valence-corrected chi connectivity index (χ2v) is 9.33. The maximum absolute atomic E-state index is 6.21. The molecule has 0 aliphatic carbocycles. The zero-order chi connectivity index (χ0) is 21.3. The molecule has 1 N–H and O–H groups in total. The Labute approximate surface area is 189 Å². The molecule has 2 saturated heterocycles. The van der Waals surface area contributed by atoms with E-state index in [-0.39, 0.29) is 0 Å². The average molecular weight is 433 g/mol. The Bertz CT molecular complexity index is 1070. The van der Waals surface area contributed by atoms with Gasteiger partial charge in [-0.25, -0.2) is 4.98 Å². The standard InChI is InChI=1S/C26H32N4O2/c1-3-26-22-16-20(32-12-2-8-29-10-13-31-14-11-29)5-6-21(22)23(17-30(26)9-1)19-4-7-24-25(15-19)28-18-27-24/h4-7,15-16,18,23,26H,1-3,8-14,17H2,(H,27,28)/t23-,26+/m1/s1. The van der Waals surface area contributed by atoms with Crippen LogP contribution < -0.4 is 4.74 Å². The highest BCUT2D eigenvalue weighted by molar-refractivity contribution is 5.75. The number of morpholine rings is 1. The largest absolute Gasteiger partial charge is 0.494 e. The minimum Gasteiger partial charge on any atom is -0.494 e. The summed E-state index contributed by atoms with van der Waals surface area (Å²) in [6.45, 7) is 7.95. The number of benzene rings is 2. The van der Waals surface area contributed by atoms with Crippen molar-refractivity contribution in [2.75, 3.05) is 52.5 Å². The maximum Gasteiger partial charge on any atom is 0.119 e. The second-order valence-electron chi connectivity index (χ2n) is 9.33. The third kappa shape index (κ3) is 3.91. The van der Waals surface area contributed by atoms with E-state index in [1.807, 2.05) is 0 Å². The molecule has 6 rings (SSSR count). The van der Waals surface area contributed by atoms with Crippen molar-refractivity contribution in [3.05, 3.63) is 59.4 Å². The molecular weight excluding hydrogens is 400 g/mol. The van der Waals surface area contributed by atoms with Gasteiger partial charge in [0.05, 0.1) is 37.2 Å². The molecular formula is C26H32N4O2. The fourth-order valence-electron chi connectivity index (χ4n) is 5.74. The lowest BCUT2D eigenvalue weighted by Gasteiger charge is -2.37. The summed E-state index contributed by atoms with van der Waals surface area (Å²) in [5.74, 6) is 1.41. The van der Waals surface area contributed by atoms with Crippen LogP contribution in [-0.2, 0) is 4.74 Å². The summed E-state index contributed by atoms with van der Waals surface area (Å²) in [6.07, 6.45) is 5.36. The third-order valence-corrected chi connectivity index (χ3v) is 7.41. The summed E-state index contributed by atoms with van der Waals surface area (Å²) in [4.78, 5) is 12.8. The Kier molecular flexibility index (Phi) is 5.59. The van der Waals surface area contributed by atoms with Gasteiger partial charge in [-0.1, -0.05) is 12.1 Å². The summed E-state index contributed by atoms with van der Waals surface area (Å²) < 4.78 is 11.6. The van der Waals surface area contributed by atoms with E-state index in [9.17, 15) is 0 Å². The molecule has 6 nitrogen and oxygen atoms in total. The first-order valence-electron chi connectivity index (χ1n) is 12.1. The molecule has 4 heterocycles. The first kappa shape index (κ1) is 20.2. The maximum atomic E-state index is 6.21. The van der Waals surface area contributed by atoms with Crippen molar-refractivity contribution in [3.8, 4) is 5.75 Å². The van der Waals surface area contributed by atoms with Crippen LogP contribution in [0.25, 0.3) is 11.0 Å². The highest BCUT2D eigenvalue weighted by atomic mass is 16.5. The Morgan fingerprint density at radius 3 is 2.94 bits per heavy atom. The Hall–Kier alpha value is -2.41. The molecule has 168 valence electrons. The smallest absolute Gasteiger partial charge is 0.119 e. The second kappa shape index (κ2) is 8.85. The molecule has 0 unspecified atom stereocenters. The molecule has 3 aliphatic rings. The Balaban J connectivity index is 1.20. The summed E-state index contributed by atoms with van der Waals surface area (Å²) in [5.41, 5.74) is 6.45. The molecule has 1 aromatic heterocycles. The summed E-state index contributed by atoms with van der Waals surface area (Å²) >= 11 is 0. The van der Waals surface area contributed by atoms with Gasteiger partial charge in [0.1, 0.15) is 5.75 Å². The van der Waals surface area contributed by atoms with Crippen molar-refractivity contribution in [1.82, 2.24) is 19.8 Å². The van der Waals surface area contributed by atoms with Crippen molar-refractivity contribution in [1.29, 1.82) is 0 Å². The van der Waals surface area contributed by atoms with Crippen LogP contribution in [0.5, 0.6) is 5.75 Å². The van der Waals surface area contributed by atoms with Crippen LogP contribution in [0.15, 0.2) is 42.7 Å². The van der Waals surface area contributed by atoms with E-state index in [4.69, 9.17) is 9.47 Å². The molecule has 0 saturated carbocycles. The lowest BCUT2D eigenvalue weighted by Crippen LogP contribution is -2.37. The summed E-state index contributed by atoms with van der Waals surface area (Å²) in [7, 11) is 0. The van der Waals surface area contributed by atoms with E-state index in [1.54, 1.807) is 6.33 Å². The first-order chi connectivity index (χ1) is 15.8. The van der Waals surface area contributed by atoms with Gasteiger partial charge in [-0.2, -0.15) is 0 Å². The predicted molar refractivity (Wildman–Crippen MR) is 125 cm³/mol. The highest BCUT2D eigenvalue weighted by Gasteiger charge is 2.36. The van der Waals surface area contributed by atoms with E-state index < -0.39 is 0 Å². The van der Waals surface area contributed by atoms with Crippen LogP contribution in [0.1, 0.15) is 47.9 Å². The monoisotopic (exact) mass is 432 g/mol. The van der Waals surface area contributed by atoms with E-state index in [0.717, 1.165) is 69.2 Å². The average Bonchev–Trinajstić information content (AvgIpc) is 3.51. The summed E-state index contributed by atoms with van der Waals surface area (Å²) in [5, 5.41) is 0. The van der Waals surface area contributed by atoms with Crippen molar-refractivity contribution >= 4 is 11.0 Å². The lowest BCUT2D eigenvalue weighted by atomic mass is 9.81. The van der Waals surface area contributed by atoms with Gasteiger partial charge in [-0.05, 0) is 66.8 Å². The fourth-order valence-corrected chi connectivity index (χ4v) is 5.74. The minimum atomic E-state index is 0.391. The number of H-pyrrole nitrogens is 1. The van der Waals surface area contributed by atoms with E-state index in [0.29, 0.717) is 12.0 Å². The van der Waals surface area contributed by atoms with Crippen LogP contribution in [-0.4, -0.2) is 72.3 Å². The molecule has 3 aliphatic heterocycles. The number of nitrogens with one attached hydrogen (secondary N) is 1. The van der Waals surface area contributed by atoms with Gasteiger partial charge in [-0.15, -0.1) is 0 Å². The van der Waals surface area contributed by atoms with Crippen molar-refractivity contribution in [3.63, 3.8) is 0 Å². The van der Waals surface area contributed by atoms with Gasteiger partial charge in [0.2, 0.25) is 0 Å². The Morgan fingerprint density at radius 1 is 1.06 bits per heavy atom. The van der Waals surface area contributed by atoms with Gasteiger partial charge in [0.15, 0.2) is 0 Å². The van der Waals surface area contributed by atoms with Gasteiger partial charge in [0.25, 0.3) is 0 Å². The van der Waals surface area contributed by atoms with Gasteiger partial charge < -0.3 is 14.5 Å². The van der Waals surface area contributed by atoms with Crippen LogP contribution in [0.3, 0.4) is 0 Å². The molecule has 6 heteroatoms. The van der Waals surface area contributed by atoms with Gasteiger partial charge >= 0.3 is 0 Å². The van der Waals surface area contributed by atoms with Gasteiger partial charge in [0, 0.05) is 38.1 Å². The molecule has 0 amide bonds. The molecule has 0 bridgehead atoms. The number of nitrogens with zero attached hydrogens (tertiary/aromatic N) is 3. The van der Waals surface area contributed by atoms with Gasteiger partial charge in [-0.3, -0.25) is 9.80 Å². The zero-order valence-corrected chi connectivity index (χ0v) is 18.6. The number of aromatic nitrogens is 2. The van der Waals surface area contributed by atoms with Crippen molar-refractivity contribution in [2.45, 2.75) is 31.2 Å². The van der Waals surface area contributed by atoms with Crippen LogP contribution in [0.4, 0.5) is 0 Å². The van der Waals surface area contributed by atoms with Crippen LogP contribution in [0.2, 0.25) is 0 Å². The third-order valence-electron chi connectivity index (χ3n) is 7.41. The normalized spacial score (nSPS) is 23.9. The van der Waals surface area contributed by atoms with E-state index >= 15 is 0 Å². The zero-order valence-electron chi connectivity index (χ0n) is 18.6. The number of hydrogen-bond donors (Lipinski definition) is 1. The first-order valence-corrected chi connectivity index (χ1v) is 12.1. The molecule has 2 atom stereocenters. The lowest BCUT2D eigenvalue weighted by molar-refractivity contribution is 0.0358. The SMILES string of the molecule is c1nc2ccc([C@H]3CN4CCC[C@H]4c4cc(OCCCN5CCOCC5)ccc43)cc2[nH]1. The molecule has 0 radical (unpaired) electrons. The summed E-state index contributed by atoms with van der Waals surface area (Å²) in [6, 6.07) is 14.0. The number of rotatable bonds is 6. The minimum absolute atomic E-state index is 0.391. The molecule has 0 spiro atoms. The Morgan fingerprint density at radius 2 is 2.00 bits per heavy atom. The van der Waals surface area contributed by atoms with E-state index in [2.05, 4.69) is 56.2 Å². The number of hydrogen-bond acceptors (Lipinski definition) is 5. The molecule has 2 fully saturated rings. The number of ether oxygens (including phenoxy) is 2. The number of fused-ring (bicyclic) bond motifs is 4. The molecule has 32 heavy (non-hydrogen) atoms. The number of aromatic amines is 1. The van der Waals surface area contributed by atoms with Crippen molar-refractivity contribution < 1.29 is 9.47 Å². The van der Waals surface area contributed by atoms with Crippen LogP contribution >= 0.6 is 0 Å².